The molecule has 0 aromatic rings. The van der Waals surface area contributed by atoms with Gasteiger partial charge in [0.05, 0.1) is 0 Å². The Hall–Kier alpha value is -0.0800. The van der Waals surface area contributed by atoms with Crippen LogP contribution in [0.15, 0.2) is 0 Å². The number of likely N-dealkylation sites (N-methyl/N-ethyl adjacent to an activating group) is 1. The fourth-order valence-electron chi connectivity index (χ4n) is 1.71. The van der Waals surface area contributed by atoms with Gasteiger partial charge in [0.1, 0.15) is 0 Å². The van der Waals surface area contributed by atoms with Crippen LogP contribution in [0.4, 0.5) is 0 Å². The summed E-state index contributed by atoms with van der Waals surface area (Å²) >= 11 is 0. The molecule has 1 fully saturated rings. The molecule has 0 heterocycles. The summed E-state index contributed by atoms with van der Waals surface area (Å²) in [6.07, 6.45) is 5.42. The molecule has 0 bridgehead atoms. The fourth-order valence-corrected chi connectivity index (χ4v) is 1.71. The van der Waals surface area contributed by atoms with Gasteiger partial charge in [0, 0.05) is 11.6 Å². The molecule has 1 unspecified atom stereocenters. The van der Waals surface area contributed by atoms with Gasteiger partial charge < -0.3 is 10.6 Å². The van der Waals surface area contributed by atoms with Crippen LogP contribution in [0.25, 0.3) is 0 Å². The van der Waals surface area contributed by atoms with Crippen molar-refractivity contribution < 1.29 is 0 Å². The molecule has 1 rings (SSSR count). The second-order valence-corrected chi connectivity index (χ2v) is 5.19. The van der Waals surface area contributed by atoms with E-state index in [-0.39, 0.29) is 5.54 Å². The van der Waals surface area contributed by atoms with Gasteiger partial charge in [0.2, 0.25) is 0 Å². The van der Waals surface area contributed by atoms with Crippen molar-refractivity contribution in [3.63, 3.8) is 0 Å². The molecule has 0 aliphatic heterocycles. The van der Waals surface area contributed by atoms with E-state index in [0.29, 0.717) is 6.04 Å². The standard InChI is InChI=1S/C11H24N2/c1-11(2,13(3)4)10(12)8-9-6-5-7-9/h9-10H,5-8,12H2,1-4H3. The van der Waals surface area contributed by atoms with Crippen molar-refractivity contribution in [2.45, 2.75) is 51.1 Å². The second-order valence-electron chi connectivity index (χ2n) is 5.19. The molecular formula is C11H24N2. The van der Waals surface area contributed by atoms with Crippen molar-refractivity contribution in [3.8, 4) is 0 Å². The lowest BCUT2D eigenvalue weighted by atomic mass is 9.77. The smallest absolute Gasteiger partial charge is 0.0298 e. The monoisotopic (exact) mass is 184 g/mol. The molecule has 1 aliphatic rings. The van der Waals surface area contributed by atoms with E-state index in [4.69, 9.17) is 5.73 Å². The molecule has 2 heteroatoms. The van der Waals surface area contributed by atoms with Crippen LogP contribution in [-0.4, -0.2) is 30.6 Å². The highest BCUT2D eigenvalue weighted by molar-refractivity contribution is 4.91. The van der Waals surface area contributed by atoms with Crippen LogP contribution in [0.3, 0.4) is 0 Å². The molecule has 78 valence electrons. The average molecular weight is 184 g/mol. The maximum atomic E-state index is 6.22. The molecule has 1 saturated carbocycles. The van der Waals surface area contributed by atoms with Crippen molar-refractivity contribution in [3.05, 3.63) is 0 Å². The molecule has 0 aromatic heterocycles. The number of hydrogen-bond donors (Lipinski definition) is 1. The van der Waals surface area contributed by atoms with Crippen LogP contribution in [0.1, 0.15) is 39.5 Å². The molecule has 0 amide bonds. The van der Waals surface area contributed by atoms with Gasteiger partial charge in [-0.15, -0.1) is 0 Å². The first kappa shape index (κ1) is 11.0. The van der Waals surface area contributed by atoms with Crippen molar-refractivity contribution in [2.75, 3.05) is 14.1 Å². The van der Waals surface area contributed by atoms with Gasteiger partial charge in [-0.1, -0.05) is 19.3 Å². The van der Waals surface area contributed by atoms with E-state index in [1.807, 2.05) is 0 Å². The maximum Gasteiger partial charge on any atom is 0.0298 e. The molecule has 2 N–H and O–H groups in total. The highest BCUT2D eigenvalue weighted by Gasteiger charge is 2.31. The minimum atomic E-state index is 0.135. The van der Waals surface area contributed by atoms with Gasteiger partial charge in [-0.2, -0.15) is 0 Å². The fraction of sp³-hybridized carbons (Fsp3) is 1.00. The van der Waals surface area contributed by atoms with E-state index < -0.39 is 0 Å². The molecule has 1 aliphatic carbocycles. The summed E-state index contributed by atoms with van der Waals surface area (Å²) in [5, 5.41) is 0. The molecule has 2 nitrogen and oxygen atoms in total. The predicted octanol–water partition coefficient (Wildman–Crippen LogP) is 1.84. The quantitative estimate of drug-likeness (QED) is 0.722. The van der Waals surface area contributed by atoms with E-state index in [9.17, 15) is 0 Å². The normalized spacial score (nSPS) is 21.7. The summed E-state index contributed by atoms with van der Waals surface area (Å²) in [7, 11) is 4.22. The van der Waals surface area contributed by atoms with Crippen LogP contribution in [0, 0.1) is 5.92 Å². The lowest BCUT2D eigenvalue weighted by Crippen LogP contribution is -2.54. The van der Waals surface area contributed by atoms with Gasteiger partial charge in [-0.3, -0.25) is 0 Å². The van der Waals surface area contributed by atoms with Crippen molar-refractivity contribution in [1.29, 1.82) is 0 Å². The van der Waals surface area contributed by atoms with Crippen LogP contribution < -0.4 is 5.73 Å². The average Bonchev–Trinajstić information content (AvgIpc) is 1.95. The Bertz CT molecular complexity index is 159. The van der Waals surface area contributed by atoms with Crippen molar-refractivity contribution in [2.24, 2.45) is 11.7 Å². The summed E-state index contributed by atoms with van der Waals surface area (Å²) in [4.78, 5) is 2.23. The van der Waals surface area contributed by atoms with Gasteiger partial charge in [0.15, 0.2) is 0 Å². The molecule has 0 saturated heterocycles. The van der Waals surface area contributed by atoms with Gasteiger partial charge in [0.25, 0.3) is 0 Å². The molecule has 0 spiro atoms. The Morgan fingerprint density at radius 1 is 1.38 bits per heavy atom. The van der Waals surface area contributed by atoms with Gasteiger partial charge >= 0.3 is 0 Å². The number of rotatable bonds is 4. The zero-order valence-corrected chi connectivity index (χ0v) is 9.51. The summed E-state index contributed by atoms with van der Waals surface area (Å²) in [6, 6.07) is 0.313. The minimum absolute atomic E-state index is 0.135. The summed E-state index contributed by atoms with van der Waals surface area (Å²) in [5.74, 6) is 0.911. The highest BCUT2D eigenvalue weighted by atomic mass is 15.2. The van der Waals surface area contributed by atoms with Crippen LogP contribution in [-0.2, 0) is 0 Å². The van der Waals surface area contributed by atoms with E-state index in [1.165, 1.54) is 25.7 Å². The molecule has 1 atom stereocenters. The molecule has 0 radical (unpaired) electrons. The molecule has 13 heavy (non-hydrogen) atoms. The second kappa shape index (κ2) is 3.97. The zero-order chi connectivity index (χ0) is 10.1. The van der Waals surface area contributed by atoms with Crippen LogP contribution in [0.5, 0.6) is 0 Å². The SMILES string of the molecule is CN(C)C(C)(C)C(N)CC1CCC1. The Kier molecular flexibility index (Phi) is 3.36. The topological polar surface area (TPSA) is 29.3 Å². The predicted molar refractivity (Wildman–Crippen MR) is 57.7 cm³/mol. The number of nitrogens with zero attached hydrogens (tertiary/aromatic N) is 1. The summed E-state index contributed by atoms with van der Waals surface area (Å²) < 4.78 is 0. The van der Waals surface area contributed by atoms with Crippen molar-refractivity contribution >= 4 is 0 Å². The van der Waals surface area contributed by atoms with E-state index in [1.54, 1.807) is 0 Å². The van der Waals surface area contributed by atoms with Crippen LogP contribution >= 0.6 is 0 Å². The largest absolute Gasteiger partial charge is 0.326 e. The molecular weight excluding hydrogens is 160 g/mol. The Balaban J connectivity index is 2.39. The third kappa shape index (κ3) is 2.44. The van der Waals surface area contributed by atoms with Gasteiger partial charge in [-0.25, -0.2) is 0 Å². The highest BCUT2D eigenvalue weighted by Crippen LogP contribution is 2.32. The lowest BCUT2D eigenvalue weighted by Gasteiger charge is -2.41. The summed E-state index contributed by atoms with van der Waals surface area (Å²) in [5.41, 5.74) is 6.36. The Morgan fingerprint density at radius 2 is 1.92 bits per heavy atom. The molecule has 0 aromatic carbocycles. The van der Waals surface area contributed by atoms with Crippen LogP contribution in [0.2, 0.25) is 0 Å². The third-order valence-corrected chi connectivity index (χ3v) is 3.87. The summed E-state index contributed by atoms with van der Waals surface area (Å²) in [6.45, 7) is 4.46. The van der Waals surface area contributed by atoms with Gasteiger partial charge in [-0.05, 0) is 40.3 Å². The number of nitrogens with two attached hydrogens (primary N) is 1. The first-order valence-electron chi connectivity index (χ1n) is 5.37. The first-order valence-corrected chi connectivity index (χ1v) is 5.37. The number of hydrogen-bond acceptors (Lipinski definition) is 2. The van der Waals surface area contributed by atoms with E-state index in [2.05, 4.69) is 32.8 Å². The Labute approximate surface area is 82.5 Å². The van der Waals surface area contributed by atoms with E-state index in [0.717, 1.165) is 5.92 Å². The zero-order valence-electron chi connectivity index (χ0n) is 9.51. The minimum Gasteiger partial charge on any atom is -0.326 e. The first-order chi connectivity index (χ1) is 5.94. The maximum absolute atomic E-state index is 6.22. The third-order valence-electron chi connectivity index (χ3n) is 3.87. The van der Waals surface area contributed by atoms with E-state index >= 15 is 0 Å². The lowest BCUT2D eigenvalue weighted by molar-refractivity contribution is 0.129. The van der Waals surface area contributed by atoms with Crippen molar-refractivity contribution in [1.82, 2.24) is 4.90 Å². The Morgan fingerprint density at radius 3 is 2.23 bits per heavy atom.